The van der Waals surface area contributed by atoms with E-state index in [9.17, 15) is 4.79 Å². The summed E-state index contributed by atoms with van der Waals surface area (Å²) < 4.78 is 0. The highest BCUT2D eigenvalue weighted by Crippen LogP contribution is 2.22. The summed E-state index contributed by atoms with van der Waals surface area (Å²) in [7, 11) is 0. The SMILES string of the molecule is CC(C)(C)CCNC(=O)c1cc2ccccc2c(Cl)n1. The van der Waals surface area contributed by atoms with Gasteiger partial charge in [0.05, 0.1) is 0 Å². The molecule has 0 saturated carbocycles. The van der Waals surface area contributed by atoms with Crippen LogP contribution >= 0.6 is 11.6 Å². The molecule has 0 bridgehead atoms. The molecule has 0 aliphatic heterocycles. The van der Waals surface area contributed by atoms with Gasteiger partial charge in [-0.2, -0.15) is 0 Å². The fraction of sp³-hybridized carbons (Fsp3) is 0.375. The fourth-order valence-electron chi connectivity index (χ4n) is 1.91. The summed E-state index contributed by atoms with van der Waals surface area (Å²) in [5.74, 6) is -0.179. The second kappa shape index (κ2) is 5.80. The number of benzene rings is 1. The Bertz CT molecular complexity index is 632. The Labute approximate surface area is 124 Å². The zero-order valence-electron chi connectivity index (χ0n) is 12.0. The van der Waals surface area contributed by atoms with Crippen LogP contribution in [0.25, 0.3) is 10.8 Å². The van der Waals surface area contributed by atoms with E-state index in [4.69, 9.17) is 11.6 Å². The Morgan fingerprint density at radius 3 is 2.70 bits per heavy atom. The number of aromatic nitrogens is 1. The molecule has 0 unspecified atom stereocenters. The first-order chi connectivity index (χ1) is 9.37. The molecule has 0 radical (unpaired) electrons. The fourth-order valence-corrected chi connectivity index (χ4v) is 2.18. The predicted molar refractivity (Wildman–Crippen MR) is 83.2 cm³/mol. The van der Waals surface area contributed by atoms with Gasteiger partial charge >= 0.3 is 0 Å². The lowest BCUT2D eigenvalue weighted by atomic mass is 9.92. The molecule has 0 aliphatic carbocycles. The summed E-state index contributed by atoms with van der Waals surface area (Å²) in [5.41, 5.74) is 0.560. The molecule has 20 heavy (non-hydrogen) atoms. The average molecular weight is 291 g/mol. The highest BCUT2D eigenvalue weighted by molar-refractivity contribution is 6.34. The molecule has 1 heterocycles. The van der Waals surface area contributed by atoms with E-state index in [1.807, 2.05) is 24.3 Å². The molecule has 2 aromatic rings. The Morgan fingerprint density at radius 1 is 1.30 bits per heavy atom. The lowest BCUT2D eigenvalue weighted by Crippen LogP contribution is -2.28. The number of pyridine rings is 1. The Morgan fingerprint density at radius 2 is 2.00 bits per heavy atom. The van der Waals surface area contributed by atoms with Crippen molar-refractivity contribution in [1.29, 1.82) is 0 Å². The molecule has 2 rings (SSSR count). The molecule has 0 fully saturated rings. The minimum absolute atomic E-state index is 0.179. The maximum Gasteiger partial charge on any atom is 0.269 e. The predicted octanol–water partition coefficient (Wildman–Crippen LogP) is 4.05. The van der Waals surface area contributed by atoms with E-state index in [0.29, 0.717) is 17.4 Å². The topological polar surface area (TPSA) is 42.0 Å². The van der Waals surface area contributed by atoms with Crippen LogP contribution in [-0.2, 0) is 0 Å². The van der Waals surface area contributed by atoms with E-state index in [1.54, 1.807) is 6.07 Å². The van der Waals surface area contributed by atoms with Gasteiger partial charge in [0.2, 0.25) is 0 Å². The number of amides is 1. The number of carbonyl (C=O) groups excluding carboxylic acids is 1. The molecular formula is C16H19ClN2O. The van der Waals surface area contributed by atoms with E-state index >= 15 is 0 Å². The van der Waals surface area contributed by atoms with Crippen molar-refractivity contribution in [2.75, 3.05) is 6.54 Å². The van der Waals surface area contributed by atoms with E-state index in [2.05, 4.69) is 31.1 Å². The largest absolute Gasteiger partial charge is 0.351 e. The van der Waals surface area contributed by atoms with Crippen LogP contribution in [0.4, 0.5) is 0 Å². The van der Waals surface area contributed by atoms with Gasteiger partial charge in [0.15, 0.2) is 0 Å². The zero-order valence-corrected chi connectivity index (χ0v) is 12.8. The Hall–Kier alpha value is -1.61. The van der Waals surface area contributed by atoms with Crippen LogP contribution in [0, 0.1) is 5.41 Å². The third-order valence-electron chi connectivity index (χ3n) is 3.09. The molecule has 0 saturated heterocycles. The Balaban J connectivity index is 2.14. The molecule has 3 nitrogen and oxygen atoms in total. The normalized spacial score (nSPS) is 11.6. The van der Waals surface area contributed by atoms with Crippen LogP contribution in [0.2, 0.25) is 5.15 Å². The summed E-state index contributed by atoms with van der Waals surface area (Å²) in [6.07, 6.45) is 0.917. The van der Waals surface area contributed by atoms with Crippen molar-refractivity contribution >= 4 is 28.3 Å². The van der Waals surface area contributed by atoms with Crippen molar-refractivity contribution in [3.63, 3.8) is 0 Å². The first-order valence-electron chi connectivity index (χ1n) is 6.70. The van der Waals surface area contributed by atoms with Crippen LogP contribution in [-0.4, -0.2) is 17.4 Å². The standard InChI is InChI=1S/C16H19ClN2O/c1-16(2,3)8-9-18-15(20)13-10-11-6-4-5-7-12(11)14(17)19-13/h4-7,10H,8-9H2,1-3H3,(H,18,20). The summed E-state index contributed by atoms with van der Waals surface area (Å²) in [6, 6.07) is 9.41. The number of hydrogen-bond donors (Lipinski definition) is 1. The van der Waals surface area contributed by atoms with Gasteiger partial charge in [-0.15, -0.1) is 0 Å². The van der Waals surface area contributed by atoms with Crippen LogP contribution in [0.15, 0.2) is 30.3 Å². The molecule has 0 aliphatic rings. The van der Waals surface area contributed by atoms with Gasteiger partial charge < -0.3 is 5.32 Å². The monoisotopic (exact) mass is 290 g/mol. The van der Waals surface area contributed by atoms with E-state index in [-0.39, 0.29) is 11.3 Å². The summed E-state index contributed by atoms with van der Waals surface area (Å²) in [4.78, 5) is 16.3. The van der Waals surface area contributed by atoms with Crippen LogP contribution in [0.5, 0.6) is 0 Å². The third kappa shape index (κ3) is 3.70. The molecule has 4 heteroatoms. The van der Waals surface area contributed by atoms with Crippen molar-refractivity contribution in [2.45, 2.75) is 27.2 Å². The van der Waals surface area contributed by atoms with E-state index < -0.39 is 0 Å². The number of hydrogen-bond acceptors (Lipinski definition) is 2. The quantitative estimate of drug-likeness (QED) is 0.866. The maximum atomic E-state index is 12.1. The molecule has 0 atom stereocenters. The lowest BCUT2D eigenvalue weighted by molar-refractivity contribution is 0.0944. The highest BCUT2D eigenvalue weighted by atomic mass is 35.5. The van der Waals surface area contributed by atoms with Crippen LogP contribution < -0.4 is 5.32 Å². The van der Waals surface area contributed by atoms with Crippen molar-refractivity contribution in [3.8, 4) is 0 Å². The van der Waals surface area contributed by atoms with Crippen molar-refractivity contribution in [2.24, 2.45) is 5.41 Å². The average Bonchev–Trinajstić information content (AvgIpc) is 2.37. The van der Waals surface area contributed by atoms with Crippen molar-refractivity contribution in [1.82, 2.24) is 10.3 Å². The zero-order chi connectivity index (χ0) is 14.8. The minimum Gasteiger partial charge on any atom is -0.351 e. The smallest absolute Gasteiger partial charge is 0.269 e. The maximum absolute atomic E-state index is 12.1. The van der Waals surface area contributed by atoms with Gasteiger partial charge in [-0.3, -0.25) is 4.79 Å². The Kier molecular flexibility index (Phi) is 4.29. The van der Waals surface area contributed by atoms with Gasteiger partial charge in [-0.05, 0) is 23.3 Å². The number of rotatable bonds is 3. The number of carbonyl (C=O) groups is 1. The summed E-state index contributed by atoms with van der Waals surface area (Å²) in [6.45, 7) is 7.06. The number of fused-ring (bicyclic) bond motifs is 1. The second-order valence-corrected chi connectivity index (χ2v) is 6.44. The van der Waals surface area contributed by atoms with Gasteiger partial charge in [-0.25, -0.2) is 4.98 Å². The van der Waals surface area contributed by atoms with E-state index in [1.165, 1.54) is 0 Å². The van der Waals surface area contributed by atoms with Crippen molar-refractivity contribution in [3.05, 3.63) is 41.2 Å². The van der Waals surface area contributed by atoms with Crippen LogP contribution in [0.3, 0.4) is 0 Å². The van der Waals surface area contributed by atoms with Gasteiger partial charge in [0, 0.05) is 11.9 Å². The molecule has 1 amide bonds. The minimum atomic E-state index is -0.179. The molecule has 1 aromatic heterocycles. The molecule has 1 N–H and O–H groups in total. The van der Waals surface area contributed by atoms with Crippen molar-refractivity contribution < 1.29 is 4.79 Å². The number of nitrogens with zero attached hydrogens (tertiary/aromatic N) is 1. The number of nitrogens with one attached hydrogen (secondary N) is 1. The number of halogens is 1. The lowest BCUT2D eigenvalue weighted by Gasteiger charge is -2.18. The van der Waals surface area contributed by atoms with Gasteiger partial charge in [0.1, 0.15) is 10.8 Å². The third-order valence-corrected chi connectivity index (χ3v) is 3.38. The van der Waals surface area contributed by atoms with E-state index in [0.717, 1.165) is 17.2 Å². The second-order valence-electron chi connectivity index (χ2n) is 6.09. The van der Waals surface area contributed by atoms with Gasteiger partial charge in [0.25, 0.3) is 5.91 Å². The first-order valence-corrected chi connectivity index (χ1v) is 7.08. The first kappa shape index (κ1) is 14.8. The summed E-state index contributed by atoms with van der Waals surface area (Å²) in [5, 5.41) is 5.04. The molecule has 106 valence electrons. The summed E-state index contributed by atoms with van der Waals surface area (Å²) >= 11 is 6.12. The highest BCUT2D eigenvalue weighted by Gasteiger charge is 2.13. The molecule has 0 spiro atoms. The van der Waals surface area contributed by atoms with Crippen LogP contribution in [0.1, 0.15) is 37.7 Å². The molecule has 1 aromatic carbocycles. The molecular weight excluding hydrogens is 272 g/mol. The van der Waals surface area contributed by atoms with Gasteiger partial charge in [-0.1, -0.05) is 56.6 Å².